The zero-order chi connectivity index (χ0) is 27.9. The number of ketones is 2. The van der Waals surface area contributed by atoms with E-state index in [0.29, 0.717) is 36.8 Å². The van der Waals surface area contributed by atoms with E-state index in [-0.39, 0.29) is 36.2 Å². The zero-order valence-electron chi connectivity index (χ0n) is 23.3. The Hall–Kier alpha value is -1.83. The number of Topliss-reactive ketones (excluding diaryl/α,β-unsaturated/α-hetero) is 1. The molecule has 2 saturated carbocycles. The summed E-state index contributed by atoms with van der Waals surface area (Å²) in [6, 6.07) is 0. The number of carbonyl (C=O) groups excluding carboxylic acids is 2. The molecule has 0 heterocycles. The van der Waals surface area contributed by atoms with Gasteiger partial charge in [0.25, 0.3) is 0 Å². The first kappa shape index (κ1) is 28.2. The van der Waals surface area contributed by atoms with E-state index in [1.165, 1.54) is 13.0 Å². The molecule has 7 nitrogen and oxygen atoms in total. The number of fused-ring (bicyclic) bond motifs is 4. The highest BCUT2D eigenvalue weighted by Gasteiger charge is 2.69. The molecule has 4 aliphatic carbocycles. The van der Waals surface area contributed by atoms with Crippen LogP contribution in [0, 0.1) is 39.4 Å². The summed E-state index contributed by atoms with van der Waals surface area (Å²) in [5.41, 5.74) is -0.477. The molecule has 4 aliphatic rings. The fourth-order valence-electron chi connectivity index (χ4n) is 8.96. The number of carbonyl (C=O) groups is 3. The number of carboxylic acids is 1. The standard InChI is InChI=1S/C30H44O7/c1-15(10-17(31)11-16(2)26(36)37)18-12-23(35)30(7)25-19(32)13-21-27(3,4)22(34)8-9-28(21,5)24(25)20(33)14-29(18,30)6/h10,16,18-19,21-23,32,34-35H,8-9,11-14H2,1-7H3,(H,36,37)/b15-10-/t16-,18-,19+,21?,22+,23+,28+,29-,30+/m0/s1. The van der Waals surface area contributed by atoms with E-state index >= 15 is 0 Å². The average Bonchev–Trinajstić information content (AvgIpc) is 2.99. The summed E-state index contributed by atoms with van der Waals surface area (Å²) >= 11 is 0. The van der Waals surface area contributed by atoms with Crippen LogP contribution in [0.3, 0.4) is 0 Å². The summed E-state index contributed by atoms with van der Waals surface area (Å²) in [7, 11) is 0. The van der Waals surface area contributed by atoms with E-state index < -0.39 is 51.9 Å². The summed E-state index contributed by atoms with van der Waals surface area (Å²) in [6.45, 7) is 13.4. The Kier molecular flexibility index (Phi) is 6.74. The molecule has 0 radical (unpaired) electrons. The Balaban J connectivity index is 1.79. The van der Waals surface area contributed by atoms with Gasteiger partial charge < -0.3 is 20.4 Å². The second-order valence-corrected chi connectivity index (χ2v) is 13.7. The molecular weight excluding hydrogens is 472 g/mol. The van der Waals surface area contributed by atoms with Crippen molar-refractivity contribution in [2.45, 2.75) is 105 Å². The molecule has 4 rings (SSSR count). The maximum absolute atomic E-state index is 14.1. The summed E-state index contributed by atoms with van der Waals surface area (Å²) in [5, 5.41) is 43.2. The van der Waals surface area contributed by atoms with E-state index in [0.717, 1.165) is 5.57 Å². The summed E-state index contributed by atoms with van der Waals surface area (Å²) < 4.78 is 0. The van der Waals surface area contributed by atoms with Crippen LogP contribution in [0.2, 0.25) is 0 Å². The number of aliphatic carboxylic acids is 1. The second kappa shape index (κ2) is 8.85. The first-order valence-electron chi connectivity index (χ1n) is 13.7. The van der Waals surface area contributed by atoms with E-state index in [1.54, 1.807) is 0 Å². The maximum atomic E-state index is 14.1. The number of aliphatic hydroxyl groups is 3. The molecule has 0 aromatic rings. The van der Waals surface area contributed by atoms with E-state index in [9.17, 15) is 29.7 Å². The van der Waals surface area contributed by atoms with Crippen molar-refractivity contribution in [1.82, 2.24) is 0 Å². The van der Waals surface area contributed by atoms with E-state index in [2.05, 4.69) is 6.92 Å². The number of hydrogen-bond donors (Lipinski definition) is 4. The van der Waals surface area contributed by atoms with Gasteiger partial charge in [-0.15, -0.1) is 0 Å². The highest BCUT2D eigenvalue weighted by atomic mass is 16.4. The number of aliphatic hydroxyl groups excluding tert-OH is 3. The molecule has 37 heavy (non-hydrogen) atoms. The van der Waals surface area contributed by atoms with Crippen molar-refractivity contribution in [3.63, 3.8) is 0 Å². The van der Waals surface area contributed by atoms with E-state index in [4.69, 9.17) is 5.11 Å². The smallest absolute Gasteiger partial charge is 0.306 e. The maximum Gasteiger partial charge on any atom is 0.306 e. The third kappa shape index (κ3) is 3.82. The first-order valence-corrected chi connectivity index (χ1v) is 13.7. The van der Waals surface area contributed by atoms with Crippen molar-refractivity contribution in [2.75, 3.05) is 0 Å². The fraction of sp³-hybridized carbons (Fsp3) is 0.767. The Morgan fingerprint density at radius 1 is 1.05 bits per heavy atom. The highest BCUT2D eigenvalue weighted by Crippen LogP contribution is 2.71. The lowest BCUT2D eigenvalue weighted by Crippen LogP contribution is -2.60. The molecule has 2 fully saturated rings. The van der Waals surface area contributed by atoms with E-state index in [1.807, 2.05) is 34.6 Å². The highest BCUT2D eigenvalue weighted by molar-refractivity contribution is 6.00. The molecule has 7 heteroatoms. The largest absolute Gasteiger partial charge is 0.481 e. The molecule has 206 valence electrons. The predicted octanol–water partition coefficient (Wildman–Crippen LogP) is 3.84. The zero-order valence-corrected chi connectivity index (χ0v) is 23.3. The van der Waals surface area contributed by atoms with Crippen molar-refractivity contribution >= 4 is 17.5 Å². The third-order valence-electron chi connectivity index (χ3n) is 11.4. The average molecular weight is 517 g/mol. The van der Waals surface area contributed by atoms with Crippen LogP contribution < -0.4 is 0 Å². The van der Waals surface area contributed by atoms with Crippen LogP contribution >= 0.6 is 0 Å². The first-order chi connectivity index (χ1) is 16.9. The summed E-state index contributed by atoms with van der Waals surface area (Å²) in [6.07, 6.45) is 1.39. The van der Waals surface area contributed by atoms with Crippen molar-refractivity contribution in [1.29, 1.82) is 0 Å². The lowest BCUT2D eigenvalue weighted by Gasteiger charge is -2.62. The van der Waals surface area contributed by atoms with Crippen molar-refractivity contribution < 1.29 is 34.8 Å². The molecule has 0 aromatic heterocycles. The molecule has 0 amide bonds. The SMILES string of the molecule is C/C(=C/C(=O)C[C@H](C)C(=O)O)[C@@H]1C[C@@H](O)[C@]2(C)C3=C(C(=O)C[C@@]12C)[C@]1(C)CC[C@@H](O)C(C)(C)C1C[C@H]3O. The Morgan fingerprint density at radius 2 is 1.68 bits per heavy atom. The van der Waals surface area contributed by atoms with Gasteiger partial charge in [0, 0.05) is 23.8 Å². The van der Waals surface area contributed by atoms with Gasteiger partial charge >= 0.3 is 5.97 Å². The van der Waals surface area contributed by atoms with Gasteiger partial charge in [0.05, 0.1) is 24.2 Å². The van der Waals surface area contributed by atoms with Crippen molar-refractivity contribution in [3.05, 3.63) is 22.8 Å². The van der Waals surface area contributed by atoms with Gasteiger partial charge in [-0.3, -0.25) is 14.4 Å². The second-order valence-electron chi connectivity index (χ2n) is 13.7. The van der Waals surface area contributed by atoms with Gasteiger partial charge in [-0.1, -0.05) is 47.1 Å². The van der Waals surface area contributed by atoms with Gasteiger partial charge in [-0.05, 0) is 72.3 Å². The number of hydrogen-bond acceptors (Lipinski definition) is 6. The van der Waals surface area contributed by atoms with Gasteiger partial charge in [0.15, 0.2) is 11.6 Å². The molecule has 0 aliphatic heterocycles. The quantitative estimate of drug-likeness (QED) is 0.408. The minimum Gasteiger partial charge on any atom is -0.481 e. The Labute approximate surface area is 220 Å². The summed E-state index contributed by atoms with van der Waals surface area (Å²) in [4.78, 5) is 37.9. The normalized spacial score (nSPS) is 44.1. The van der Waals surface area contributed by atoms with Crippen LogP contribution in [0.1, 0.15) is 87.0 Å². The van der Waals surface area contributed by atoms with Gasteiger partial charge in [-0.25, -0.2) is 0 Å². The number of allylic oxidation sites excluding steroid dienone is 3. The molecular formula is C30H44O7. The molecule has 4 N–H and O–H groups in total. The molecule has 9 atom stereocenters. The lowest BCUT2D eigenvalue weighted by atomic mass is 9.42. The van der Waals surface area contributed by atoms with Crippen LogP contribution in [0.4, 0.5) is 0 Å². The molecule has 0 aromatic carbocycles. The lowest BCUT2D eigenvalue weighted by molar-refractivity contribution is -0.142. The molecule has 1 unspecified atom stereocenters. The number of rotatable bonds is 5. The predicted molar refractivity (Wildman–Crippen MR) is 138 cm³/mol. The fourth-order valence-corrected chi connectivity index (χ4v) is 8.96. The van der Waals surface area contributed by atoms with Crippen LogP contribution in [0.25, 0.3) is 0 Å². The monoisotopic (exact) mass is 516 g/mol. The van der Waals surface area contributed by atoms with Crippen LogP contribution in [-0.2, 0) is 14.4 Å². The molecule has 0 bridgehead atoms. The Morgan fingerprint density at radius 3 is 2.27 bits per heavy atom. The molecule has 0 spiro atoms. The van der Waals surface area contributed by atoms with Crippen LogP contribution in [-0.4, -0.2) is 56.3 Å². The van der Waals surface area contributed by atoms with Crippen LogP contribution in [0.5, 0.6) is 0 Å². The minimum absolute atomic E-state index is 0.00820. The molecule has 0 saturated heterocycles. The van der Waals surface area contributed by atoms with Crippen molar-refractivity contribution in [3.8, 4) is 0 Å². The van der Waals surface area contributed by atoms with Crippen molar-refractivity contribution in [2.24, 2.45) is 39.4 Å². The van der Waals surface area contributed by atoms with Gasteiger partial charge in [0.2, 0.25) is 0 Å². The van der Waals surface area contributed by atoms with Crippen LogP contribution in [0.15, 0.2) is 22.8 Å². The minimum atomic E-state index is -1.02. The Bertz CT molecular complexity index is 1090. The van der Waals surface area contributed by atoms with Gasteiger partial charge in [0.1, 0.15) is 0 Å². The topological polar surface area (TPSA) is 132 Å². The third-order valence-corrected chi connectivity index (χ3v) is 11.4. The summed E-state index contributed by atoms with van der Waals surface area (Å²) in [5.74, 6) is -2.44. The number of carboxylic acid groups (broad SMARTS) is 1. The van der Waals surface area contributed by atoms with Gasteiger partial charge in [-0.2, -0.15) is 0 Å².